The minimum absolute atomic E-state index is 0.655. The van der Waals surface area contributed by atoms with Crippen LogP contribution in [-0.2, 0) is 6.42 Å². The highest BCUT2D eigenvalue weighted by molar-refractivity contribution is 5.32. The Morgan fingerprint density at radius 3 is 2.67 bits per heavy atom. The normalized spacial score (nSPS) is 27.9. The van der Waals surface area contributed by atoms with Crippen LogP contribution in [0.1, 0.15) is 50.7 Å². The zero-order valence-corrected chi connectivity index (χ0v) is 12.3. The number of nitrogens with zero attached hydrogens (tertiary/aromatic N) is 1. The summed E-state index contributed by atoms with van der Waals surface area (Å²) in [5, 5.41) is 0. The van der Waals surface area contributed by atoms with Gasteiger partial charge in [-0.15, -0.1) is 0 Å². The van der Waals surface area contributed by atoms with Crippen molar-refractivity contribution in [1.82, 2.24) is 4.90 Å². The van der Waals surface area contributed by atoms with Crippen molar-refractivity contribution in [3.63, 3.8) is 0 Å². The van der Waals surface area contributed by atoms with Crippen molar-refractivity contribution in [3.8, 4) is 0 Å². The molecule has 0 spiro atoms. The van der Waals surface area contributed by atoms with E-state index in [1.54, 1.807) is 11.1 Å². The van der Waals surface area contributed by atoms with Gasteiger partial charge in [-0.3, -0.25) is 0 Å². The summed E-state index contributed by atoms with van der Waals surface area (Å²) in [6, 6.07) is 9.75. The molecule has 0 radical (unpaired) electrons. The molecule has 0 fully saturated rings. The van der Waals surface area contributed by atoms with E-state index in [0.717, 1.165) is 5.92 Å². The molecule has 0 aromatic heterocycles. The van der Waals surface area contributed by atoms with Gasteiger partial charge in [0.25, 0.3) is 0 Å². The predicted molar refractivity (Wildman–Crippen MR) is 79.1 cm³/mol. The van der Waals surface area contributed by atoms with Gasteiger partial charge in [-0.1, -0.05) is 45.0 Å². The molecule has 0 saturated carbocycles. The van der Waals surface area contributed by atoms with Gasteiger partial charge >= 0.3 is 0 Å². The Morgan fingerprint density at radius 2 is 1.94 bits per heavy atom. The van der Waals surface area contributed by atoms with E-state index in [-0.39, 0.29) is 0 Å². The number of rotatable bonds is 3. The van der Waals surface area contributed by atoms with E-state index >= 15 is 0 Å². The van der Waals surface area contributed by atoms with E-state index in [1.165, 1.54) is 25.8 Å². The molecule has 0 saturated heterocycles. The smallest absolute Gasteiger partial charge is 0.0161 e. The van der Waals surface area contributed by atoms with Crippen molar-refractivity contribution in [2.24, 2.45) is 5.92 Å². The lowest BCUT2D eigenvalue weighted by molar-refractivity contribution is 0.190. The third-order valence-corrected chi connectivity index (χ3v) is 4.48. The Morgan fingerprint density at radius 1 is 1.22 bits per heavy atom. The average Bonchev–Trinajstić information content (AvgIpc) is 2.47. The topological polar surface area (TPSA) is 3.24 Å². The summed E-state index contributed by atoms with van der Waals surface area (Å²) in [5.74, 6) is 1.45. The largest absolute Gasteiger partial charge is 0.303 e. The molecular formula is C17H27N. The molecule has 1 aliphatic carbocycles. The molecule has 100 valence electrons. The van der Waals surface area contributed by atoms with E-state index in [1.807, 2.05) is 0 Å². The molecule has 1 nitrogen and oxygen atoms in total. The first-order valence-corrected chi connectivity index (χ1v) is 7.41. The molecule has 0 aliphatic heterocycles. The molecule has 3 unspecified atom stereocenters. The van der Waals surface area contributed by atoms with E-state index in [4.69, 9.17) is 0 Å². The summed E-state index contributed by atoms with van der Waals surface area (Å²) in [6.45, 7) is 8.30. The fraction of sp³-hybridized carbons (Fsp3) is 0.647. The number of hydrogen-bond donors (Lipinski definition) is 0. The van der Waals surface area contributed by atoms with Gasteiger partial charge in [0.1, 0.15) is 0 Å². The SMILES string of the molecule is CCCN(C)C1CC(C)Cc2ccccc2C1C. The maximum Gasteiger partial charge on any atom is 0.0161 e. The molecule has 1 aliphatic rings. The lowest BCUT2D eigenvalue weighted by Gasteiger charge is -2.33. The molecule has 1 heteroatoms. The zero-order valence-electron chi connectivity index (χ0n) is 12.3. The Labute approximate surface area is 112 Å². The molecule has 1 aromatic carbocycles. The number of hydrogen-bond acceptors (Lipinski definition) is 1. The quantitative estimate of drug-likeness (QED) is 0.725. The highest BCUT2D eigenvalue weighted by atomic mass is 15.1. The predicted octanol–water partition coefficient (Wildman–Crippen LogP) is 4.08. The van der Waals surface area contributed by atoms with Gasteiger partial charge in [0.2, 0.25) is 0 Å². The van der Waals surface area contributed by atoms with Crippen LogP contribution in [-0.4, -0.2) is 24.5 Å². The third kappa shape index (κ3) is 2.77. The van der Waals surface area contributed by atoms with Gasteiger partial charge in [-0.25, -0.2) is 0 Å². The van der Waals surface area contributed by atoms with Crippen LogP contribution in [0, 0.1) is 5.92 Å². The van der Waals surface area contributed by atoms with Crippen molar-refractivity contribution < 1.29 is 0 Å². The second-order valence-electron chi connectivity index (χ2n) is 6.08. The molecule has 0 amide bonds. The monoisotopic (exact) mass is 245 g/mol. The van der Waals surface area contributed by atoms with Crippen LogP contribution in [0.15, 0.2) is 24.3 Å². The number of benzene rings is 1. The molecule has 0 bridgehead atoms. The minimum Gasteiger partial charge on any atom is -0.303 e. The van der Waals surface area contributed by atoms with E-state index in [9.17, 15) is 0 Å². The first-order chi connectivity index (χ1) is 8.63. The number of likely N-dealkylation sites (N-methyl/N-ethyl adjacent to an activating group) is 1. The van der Waals surface area contributed by atoms with Crippen molar-refractivity contribution in [3.05, 3.63) is 35.4 Å². The van der Waals surface area contributed by atoms with Crippen LogP contribution in [0.2, 0.25) is 0 Å². The van der Waals surface area contributed by atoms with Gasteiger partial charge in [0, 0.05) is 6.04 Å². The summed E-state index contributed by atoms with van der Waals surface area (Å²) < 4.78 is 0. The summed E-state index contributed by atoms with van der Waals surface area (Å²) in [6.07, 6.45) is 3.82. The maximum absolute atomic E-state index is 2.57. The second-order valence-corrected chi connectivity index (χ2v) is 6.08. The summed E-state index contributed by atoms with van der Waals surface area (Å²) in [4.78, 5) is 2.57. The fourth-order valence-electron chi connectivity index (χ4n) is 3.53. The van der Waals surface area contributed by atoms with Crippen LogP contribution < -0.4 is 0 Å². The summed E-state index contributed by atoms with van der Waals surface area (Å²) >= 11 is 0. The van der Waals surface area contributed by atoms with E-state index in [2.05, 4.69) is 57.0 Å². The molecule has 0 heterocycles. The highest BCUT2D eigenvalue weighted by Crippen LogP contribution is 2.35. The fourth-order valence-corrected chi connectivity index (χ4v) is 3.53. The lowest BCUT2D eigenvalue weighted by Crippen LogP contribution is -2.37. The van der Waals surface area contributed by atoms with Gasteiger partial charge < -0.3 is 4.90 Å². The van der Waals surface area contributed by atoms with Crippen LogP contribution in [0.25, 0.3) is 0 Å². The highest BCUT2D eigenvalue weighted by Gasteiger charge is 2.29. The van der Waals surface area contributed by atoms with Crippen molar-refractivity contribution in [2.45, 2.75) is 52.0 Å². The molecule has 0 N–H and O–H groups in total. The van der Waals surface area contributed by atoms with Gasteiger partial charge in [0.15, 0.2) is 0 Å². The standard InChI is InChI=1S/C17H27N/c1-5-10-18(4)17-12-13(2)11-15-8-6-7-9-16(15)14(17)3/h6-9,13-14,17H,5,10-12H2,1-4H3. The number of fused-ring (bicyclic) bond motifs is 1. The minimum atomic E-state index is 0.655. The first kappa shape index (κ1) is 13.6. The molecule has 3 atom stereocenters. The van der Waals surface area contributed by atoms with Gasteiger partial charge in [0.05, 0.1) is 0 Å². The Balaban J connectivity index is 2.29. The van der Waals surface area contributed by atoms with Crippen LogP contribution in [0.3, 0.4) is 0 Å². The van der Waals surface area contributed by atoms with E-state index in [0.29, 0.717) is 12.0 Å². The molecule has 2 rings (SSSR count). The molecule has 18 heavy (non-hydrogen) atoms. The third-order valence-electron chi connectivity index (χ3n) is 4.48. The van der Waals surface area contributed by atoms with Crippen molar-refractivity contribution in [1.29, 1.82) is 0 Å². The first-order valence-electron chi connectivity index (χ1n) is 7.41. The molecular weight excluding hydrogens is 218 g/mol. The van der Waals surface area contributed by atoms with Crippen molar-refractivity contribution >= 4 is 0 Å². The Kier molecular flexibility index (Phi) is 4.45. The van der Waals surface area contributed by atoms with Crippen LogP contribution in [0.4, 0.5) is 0 Å². The van der Waals surface area contributed by atoms with E-state index < -0.39 is 0 Å². The Hall–Kier alpha value is -0.820. The summed E-state index contributed by atoms with van der Waals surface area (Å²) in [7, 11) is 2.30. The Bertz CT molecular complexity index is 385. The lowest BCUT2D eigenvalue weighted by atomic mass is 9.89. The van der Waals surface area contributed by atoms with Crippen molar-refractivity contribution in [2.75, 3.05) is 13.6 Å². The zero-order chi connectivity index (χ0) is 13.1. The van der Waals surface area contributed by atoms with Crippen LogP contribution in [0.5, 0.6) is 0 Å². The second kappa shape index (κ2) is 5.88. The molecule has 1 aromatic rings. The van der Waals surface area contributed by atoms with Gasteiger partial charge in [-0.2, -0.15) is 0 Å². The van der Waals surface area contributed by atoms with Crippen LogP contribution >= 0.6 is 0 Å². The maximum atomic E-state index is 2.57. The van der Waals surface area contributed by atoms with Gasteiger partial charge in [-0.05, 0) is 55.8 Å². The summed E-state index contributed by atoms with van der Waals surface area (Å²) in [5.41, 5.74) is 3.15. The average molecular weight is 245 g/mol.